The number of benzene rings is 2. The summed E-state index contributed by atoms with van der Waals surface area (Å²) in [6, 6.07) is 14.0. The summed E-state index contributed by atoms with van der Waals surface area (Å²) in [5.74, 6) is 1.19. The van der Waals surface area contributed by atoms with Crippen LogP contribution in [0.2, 0.25) is 0 Å². The highest BCUT2D eigenvalue weighted by Crippen LogP contribution is 2.21. The Balaban J connectivity index is 1.43. The van der Waals surface area contributed by atoms with Gasteiger partial charge in [-0.2, -0.15) is 18.2 Å². The minimum atomic E-state index is -4.38. The number of hydrogen-bond donors (Lipinski definition) is 1. The van der Waals surface area contributed by atoms with Gasteiger partial charge < -0.3 is 14.6 Å². The van der Waals surface area contributed by atoms with Crippen LogP contribution in [0.1, 0.15) is 43.2 Å². The molecule has 1 heterocycles. The van der Waals surface area contributed by atoms with Gasteiger partial charge in [0.15, 0.2) is 6.61 Å². The van der Waals surface area contributed by atoms with Gasteiger partial charge in [0.1, 0.15) is 5.75 Å². The molecule has 170 valence electrons. The first-order chi connectivity index (χ1) is 15.2. The zero-order valence-electron chi connectivity index (χ0n) is 17.8. The maximum Gasteiger partial charge on any atom is 0.422 e. The lowest BCUT2D eigenvalue weighted by Gasteiger charge is -2.10. The van der Waals surface area contributed by atoms with E-state index in [1.54, 1.807) is 12.1 Å². The van der Waals surface area contributed by atoms with E-state index in [2.05, 4.69) is 34.0 Å². The maximum atomic E-state index is 12.2. The first kappa shape index (κ1) is 23.3. The van der Waals surface area contributed by atoms with Crippen molar-refractivity contribution in [1.29, 1.82) is 0 Å². The van der Waals surface area contributed by atoms with Gasteiger partial charge in [0, 0.05) is 24.9 Å². The number of ether oxygens (including phenoxy) is 1. The van der Waals surface area contributed by atoms with Crippen molar-refractivity contribution < 1.29 is 27.2 Å². The highest BCUT2D eigenvalue weighted by atomic mass is 19.4. The molecule has 0 saturated carbocycles. The molecule has 0 unspecified atom stereocenters. The lowest BCUT2D eigenvalue weighted by Crippen LogP contribution is -2.23. The Morgan fingerprint density at radius 1 is 1.09 bits per heavy atom. The van der Waals surface area contributed by atoms with E-state index >= 15 is 0 Å². The lowest BCUT2D eigenvalue weighted by atomic mass is 10.0. The Kier molecular flexibility index (Phi) is 7.50. The van der Waals surface area contributed by atoms with Crippen molar-refractivity contribution in [2.24, 2.45) is 0 Å². The molecule has 6 nitrogen and oxygen atoms in total. The van der Waals surface area contributed by atoms with Crippen LogP contribution in [0.25, 0.3) is 11.4 Å². The normalized spacial score (nSPS) is 11.6. The second kappa shape index (κ2) is 10.3. The third-order valence-corrected chi connectivity index (χ3v) is 4.69. The molecule has 0 saturated heterocycles. The molecule has 3 rings (SSSR count). The fraction of sp³-hybridized carbons (Fsp3) is 0.348. The maximum absolute atomic E-state index is 12.2. The topological polar surface area (TPSA) is 77.2 Å². The van der Waals surface area contributed by atoms with Crippen molar-refractivity contribution >= 4 is 5.91 Å². The summed E-state index contributed by atoms with van der Waals surface area (Å²) in [6.45, 7) is 3.14. The smallest absolute Gasteiger partial charge is 0.422 e. The Bertz CT molecular complexity index is 1010. The first-order valence-corrected chi connectivity index (χ1v) is 10.2. The van der Waals surface area contributed by atoms with Gasteiger partial charge >= 0.3 is 6.18 Å². The van der Waals surface area contributed by atoms with Crippen molar-refractivity contribution in [3.8, 4) is 17.1 Å². The van der Waals surface area contributed by atoms with Gasteiger partial charge in [-0.15, -0.1) is 0 Å². The summed E-state index contributed by atoms with van der Waals surface area (Å²) >= 11 is 0. The minimum Gasteiger partial charge on any atom is -0.484 e. The number of carbonyl (C=O) groups excluding carboxylic acids is 1. The van der Waals surface area contributed by atoms with Crippen molar-refractivity contribution in [3.05, 3.63) is 65.5 Å². The molecule has 3 aromatic rings. The van der Waals surface area contributed by atoms with Crippen molar-refractivity contribution in [1.82, 2.24) is 15.5 Å². The zero-order valence-corrected chi connectivity index (χ0v) is 17.8. The molecular weight excluding hydrogens is 423 g/mol. The van der Waals surface area contributed by atoms with Crippen LogP contribution >= 0.6 is 0 Å². The van der Waals surface area contributed by atoms with Crippen LogP contribution in [-0.2, 0) is 17.8 Å². The van der Waals surface area contributed by atoms with Crippen LogP contribution in [0.4, 0.5) is 13.2 Å². The SMILES string of the molecule is CC(C)c1ccc(-c2noc(CCC(=O)NCc3ccc(OCC(F)(F)F)cc3)n2)cc1. The summed E-state index contributed by atoms with van der Waals surface area (Å²) < 4.78 is 46.4. The predicted octanol–water partition coefficient (Wildman–Crippen LogP) is 5.05. The van der Waals surface area contributed by atoms with Gasteiger partial charge in [0.05, 0.1) is 0 Å². The molecule has 0 bridgehead atoms. The van der Waals surface area contributed by atoms with Crippen LogP contribution in [0.5, 0.6) is 5.75 Å². The number of rotatable bonds is 9. The molecule has 1 amide bonds. The number of nitrogens with zero attached hydrogens (tertiary/aromatic N) is 2. The zero-order chi connectivity index (χ0) is 23.1. The fourth-order valence-electron chi connectivity index (χ4n) is 2.87. The number of amides is 1. The van der Waals surface area contributed by atoms with E-state index in [-0.39, 0.29) is 24.6 Å². The second-order valence-electron chi connectivity index (χ2n) is 7.61. The highest BCUT2D eigenvalue weighted by Gasteiger charge is 2.28. The Labute approximate surface area is 183 Å². The summed E-state index contributed by atoms with van der Waals surface area (Å²) in [5.41, 5.74) is 2.80. The standard InChI is InChI=1S/C23H24F3N3O3/c1-15(2)17-5-7-18(8-6-17)22-28-21(32-29-22)12-11-20(30)27-13-16-3-9-19(10-4-16)31-14-23(24,25)26/h3-10,15H,11-14H2,1-2H3,(H,27,30). The van der Waals surface area contributed by atoms with E-state index in [1.807, 2.05) is 24.3 Å². The predicted molar refractivity (Wildman–Crippen MR) is 112 cm³/mol. The van der Waals surface area contributed by atoms with Crippen LogP contribution in [0, 0.1) is 0 Å². The number of alkyl halides is 3. The van der Waals surface area contributed by atoms with Gasteiger partial charge in [-0.25, -0.2) is 0 Å². The number of hydrogen-bond acceptors (Lipinski definition) is 5. The van der Waals surface area contributed by atoms with Crippen LogP contribution < -0.4 is 10.1 Å². The quantitative estimate of drug-likeness (QED) is 0.497. The van der Waals surface area contributed by atoms with E-state index in [4.69, 9.17) is 4.52 Å². The number of halogens is 3. The summed E-state index contributed by atoms with van der Waals surface area (Å²) in [7, 11) is 0. The monoisotopic (exact) mass is 447 g/mol. The molecule has 9 heteroatoms. The molecule has 0 aliphatic heterocycles. The summed E-state index contributed by atoms with van der Waals surface area (Å²) in [5, 5.41) is 6.72. The van der Waals surface area contributed by atoms with Crippen molar-refractivity contribution in [2.75, 3.05) is 6.61 Å². The average molecular weight is 447 g/mol. The Hall–Kier alpha value is -3.36. The van der Waals surface area contributed by atoms with Crippen LogP contribution in [-0.4, -0.2) is 28.8 Å². The lowest BCUT2D eigenvalue weighted by molar-refractivity contribution is -0.153. The largest absolute Gasteiger partial charge is 0.484 e. The van der Waals surface area contributed by atoms with Gasteiger partial charge in [0.2, 0.25) is 17.6 Å². The number of carbonyl (C=O) groups is 1. The molecule has 1 aromatic heterocycles. The summed E-state index contributed by atoms with van der Waals surface area (Å²) in [6.07, 6.45) is -3.92. The van der Waals surface area contributed by atoms with E-state index in [9.17, 15) is 18.0 Å². The van der Waals surface area contributed by atoms with Crippen LogP contribution in [0.3, 0.4) is 0 Å². The first-order valence-electron chi connectivity index (χ1n) is 10.2. The Morgan fingerprint density at radius 3 is 2.41 bits per heavy atom. The second-order valence-corrected chi connectivity index (χ2v) is 7.61. The van der Waals surface area contributed by atoms with Crippen molar-refractivity contribution in [2.45, 2.75) is 45.3 Å². The van der Waals surface area contributed by atoms with E-state index in [0.29, 0.717) is 24.1 Å². The molecule has 0 spiro atoms. The molecule has 0 atom stereocenters. The molecule has 32 heavy (non-hydrogen) atoms. The molecule has 0 aliphatic rings. The average Bonchev–Trinajstić information content (AvgIpc) is 3.24. The van der Waals surface area contributed by atoms with Crippen LogP contribution in [0.15, 0.2) is 53.1 Å². The minimum absolute atomic E-state index is 0.114. The number of aromatic nitrogens is 2. The van der Waals surface area contributed by atoms with Crippen molar-refractivity contribution in [3.63, 3.8) is 0 Å². The molecule has 0 fully saturated rings. The van der Waals surface area contributed by atoms with E-state index in [0.717, 1.165) is 11.1 Å². The van der Waals surface area contributed by atoms with Gasteiger partial charge in [-0.05, 0) is 29.2 Å². The molecule has 2 aromatic carbocycles. The third-order valence-electron chi connectivity index (χ3n) is 4.69. The highest BCUT2D eigenvalue weighted by molar-refractivity contribution is 5.76. The molecule has 1 N–H and O–H groups in total. The Morgan fingerprint density at radius 2 is 1.78 bits per heavy atom. The fourth-order valence-corrected chi connectivity index (χ4v) is 2.87. The third kappa shape index (κ3) is 7.11. The van der Waals surface area contributed by atoms with E-state index in [1.165, 1.54) is 17.7 Å². The molecule has 0 aliphatic carbocycles. The number of aryl methyl sites for hydroxylation is 1. The molecular formula is C23H24F3N3O3. The van der Waals surface area contributed by atoms with Gasteiger partial charge in [0.25, 0.3) is 0 Å². The number of nitrogens with one attached hydrogen (secondary N) is 1. The van der Waals surface area contributed by atoms with Gasteiger partial charge in [-0.3, -0.25) is 4.79 Å². The van der Waals surface area contributed by atoms with Gasteiger partial charge in [-0.1, -0.05) is 55.4 Å². The molecule has 0 radical (unpaired) electrons. The van der Waals surface area contributed by atoms with E-state index < -0.39 is 12.8 Å². The summed E-state index contributed by atoms with van der Waals surface area (Å²) in [4.78, 5) is 16.4.